The molecule has 1 aliphatic rings. The summed E-state index contributed by atoms with van der Waals surface area (Å²) >= 11 is 1.33. The first-order valence-corrected chi connectivity index (χ1v) is 5.21. The van der Waals surface area contributed by atoms with Gasteiger partial charge in [-0.15, -0.1) is 11.8 Å². The highest BCUT2D eigenvalue weighted by Gasteiger charge is 2.36. The summed E-state index contributed by atoms with van der Waals surface area (Å²) < 4.78 is 4.52. The Balaban J connectivity index is 2.85. The summed E-state index contributed by atoms with van der Waals surface area (Å²) in [5.74, 6) is -0.624. The topological polar surface area (TPSA) is 63.7 Å². The SMILES string of the molecule is COC(=O)C1CSCC(=O)N1C(C)=O. The molecule has 1 atom stereocenters. The molecular weight excluding hydrogens is 206 g/mol. The van der Waals surface area contributed by atoms with Crippen LogP contribution in [-0.2, 0) is 19.1 Å². The predicted octanol–water partition coefficient (Wildman–Crippen LogP) is -0.350. The van der Waals surface area contributed by atoms with Gasteiger partial charge in [-0.05, 0) is 0 Å². The van der Waals surface area contributed by atoms with Crippen molar-refractivity contribution in [2.75, 3.05) is 18.6 Å². The van der Waals surface area contributed by atoms with Crippen molar-refractivity contribution in [3.63, 3.8) is 0 Å². The first-order valence-electron chi connectivity index (χ1n) is 4.06. The molecule has 0 aromatic heterocycles. The van der Waals surface area contributed by atoms with E-state index in [0.29, 0.717) is 5.75 Å². The van der Waals surface area contributed by atoms with Crippen LogP contribution >= 0.6 is 11.8 Å². The molecule has 1 rings (SSSR count). The van der Waals surface area contributed by atoms with Crippen molar-refractivity contribution in [1.82, 2.24) is 4.90 Å². The quantitative estimate of drug-likeness (QED) is 0.562. The lowest BCUT2D eigenvalue weighted by molar-refractivity contribution is -0.157. The highest BCUT2D eigenvalue weighted by atomic mass is 32.2. The molecule has 1 saturated heterocycles. The van der Waals surface area contributed by atoms with Gasteiger partial charge in [0.2, 0.25) is 11.8 Å². The summed E-state index contributed by atoms with van der Waals surface area (Å²) in [5.41, 5.74) is 0. The van der Waals surface area contributed by atoms with Gasteiger partial charge in [0.25, 0.3) is 0 Å². The number of carbonyl (C=O) groups is 3. The van der Waals surface area contributed by atoms with Gasteiger partial charge in [0.15, 0.2) is 0 Å². The van der Waals surface area contributed by atoms with E-state index < -0.39 is 17.9 Å². The molecule has 14 heavy (non-hydrogen) atoms. The normalized spacial score (nSPS) is 22.0. The van der Waals surface area contributed by atoms with Crippen LogP contribution in [0.2, 0.25) is 0 Å². The summed E-state index contributed by atoms with van der Waals surface area (Å²) in [4.78, 5) is 34.7. The molecule has 1 aliphatic heterocycles. The Morgan fingerprint density at radius 3 is 2.71 bits per heavy atom. The van der Waals surface area contributed by atoms with E-state index in [1.165, 1.54) is 25.8 Å². The Hall–Kier alpha value is -1.04. The van der Waals surface area contributed by atoms with E-state index >= 15 is 0 Å². The number of thioether (sulfide) groups is 1. The summed E-state index contributed by atoms with van der Waals surface area (Å²) in [5, 5.41) is 0. The minimum Gasteiger partial charge on any atom is -0.467 e. The molecule has 0 aromatic carbocycles. The van der Waals surface area contributed by atoms with Crippen LogP contribution in [0.15, 0.2) is 0 Å². The molecule has 2 amide bonds. The molecule has 6 heteroatoms. The van der Waals surface area contributed by atoms with Crippen LogP contribution in [0.3, 0.4) is 0 Å². The fraction of sp³-hybridized carbons (Fsp3) is 0.625. The molecule has 5 nitrogen and oxygen atoms in total. The number of amides is 2. The Kier molecular flexibility index (Phi) is 3.51. The second kappa shape index (κ2) is 4.45. The van der Waals surface area contributed by atoms with Gasteiger partial charge in [-0.3, -0.25) is 14.5 Å². The predicted molar refractivity (Wildman–Crippen MR) is 50.7 cm³/mol. The van der Waals surface area contributed by atoms with E-state index in [1.807, 2.05) is 0 Å². The summed E-state index contributed by atoms with van der Waals surface area (Å²) in [6.07, 6.45) is 0. The molecule has 0 N–H and O–H groups in total. The molecule has 78 valence electrons. The number of hydrogen-bond acceptors (Lipinski definition) is 5. The van der Waals surface area contributed by atoms with Crippen molar-refractivity contribution in [3.05, 3.63) is 0 Å². The van der Waals surface area contributed by atoms with Gasteiger partial charge in [0.05, 0.1) is 12.9 Å². The zero-order valence-electron chi connectivity index (χ0n) is 7.98. The highest BCUT2D eigenvalue weighted by molar-refractivity contribution is 8.00. The lowest BCUT2D eigenvalue weighted by Gasteiger charge is -2.30. The zero-order valence-corrected chi connectivity index (χ0v) is 8.80. The van der Waals surface area contributed by atoms with E-state index in [1.54, 1.807) is 0 Å². The van der Waals surface area contributed by atoms with E-state index in [9.17, 15) is 14.4 Å². The van der Waals surface area contributed by atoms with Gasteiger partial charge in [0, 0.05) is 12.7 Å². The fourth-order valence-electron chi connectivity index (χ4n) is 1.28. The maximum Gasteiger partial charge on any atom is 0.329 e. The molecule has 1 fully saturated rings. The minimum atomic E-state index is -0.760. The second-order valence-corrected chi connectivity index (χ2v) is 3.87. The Bertz CT molecular complexity index is 279. The van der Waals surface area contributed by atoms with Crippen molar-refractivity contribution in [1.29, 1.82) is 0 Å². The van der Waals surface area contributed by atoms with Gasteiger partial charge in [0.1, 0.15) is 6.04 Å². The second-order valence-electron chi connectivity index (χ2n) is 2.84. The summed E-state index contributed by atoms with van der Waals surface area (Å²) in [6, 6.07) is -0.760. The molecule has 1 heterocycles. The largest absolute Gasteiger partial charge is 0.467 e. The monoisotopic (exact) mass is 217 g/mol. The van der Waals surface area contributed by atoms with Gasteiger partial charge in [-0.1, -0.05) is 0 Å². The fourth-order valence-corrected chi connectivity index (χ4v) is 2.22. The van der Waals surface area contributed by atoms with Gasteiger partial charge < -0.3 is 4.74 Å². The maximum atomic E-state index is 11.3. The van der Waals surface area contributed by atoms with Crippen LogP contribution in [0.5, 0.6) is 0 Å². The van der Waals surface area contributed by atoms with Gasteiger partial charge in [-0.2, -0.15) is 0 Å². The Labute approximate surface area is 85.8 Å². The van der Waals surface area contributed by atoms with E-state index in [4.69, 9.17) is 0 Å². The standard InChI is InChI=1S/C8H11NO4S/c1-5(10)9-6(8(12)13-2)3-14-4-7(9)11/h6H,3-4H2,1-2H3. The van der Waals surface area contributed by atoms with E-state index in [0.717, 1.165) is 4.90 Å². The number of nitrogens with zero attached hydrogens (tertiary/aromatic N) is 1. The average Bonchev–Trinajstić information content (AvgIpc) is 2.15. The number of rotatable bonds is 1. The minimum absolute atomic E-state index is 0.243. The smallest absolute Gasteiger partial charge is 0.329 e. The van der Waals surface area contributed by atoms with Crippen molar-refractivity contribution >= 4 is 29.5 Å². The molecule has 0 aliphatic carbocycles. The van der Waals surface area contributed by atoms with Crippen molar-refractivity contribution in [3.8, 4) is 0 Å². The lowest BCUT2D eigenvalue weighted by atomic mass is 10.2. The maximum absolute atomic E-state index is 11.3. The number of methoxy groups -OCH3 is 1. The van der Waals surface area contributed by atoms with Crippen LogP contribution in [-0.4, -0.2) is 47.3 Å². The molecule has 0 spiro atoms. The number of esters is 1. The average molecular weight is 217 g/mol. The first-order chi connectivity index (χ1) is 6.57. The third-order valence-corrected chi connectivity index (χ3v) is 2.90. The molecular formula is C8H11NO4S. The molecule has 0 bridgehead atoms. The number of hydrogen-bond donors (Lipinski definition) is 0. The van der Waals surface area contributed by atoms with Crippen molar-refractivity contribution in [2.45, 2.75) is 13.0 Å². The third kappa shape index (κ3) is 2.06. The van der Waals surface area contributed by atoms with Gasteiger partial charge in [-0.25, -0.2) is 4.79 Å². The molecule has 0 saturated carbocycles. The Morgan fingerprint density at radius 2 is 2.21 bits per heavy atom. The first kappa shape index (κ1) is 11.0. The zero-order chi connectivity index (χ0) is 10.7. The lowest BCUT2D eigenvalue weighted by Crippen LogP contribution is -2.53. The van der Waals surface area contributed by atoms with Crippen LogP contribution in [0.4, 0.5) is 0 Å². The van der Waals surface area contributed by atoms with Crippen molar-refractivity contribution in [2.24, 2.45) is 0 Å². The number of carbonyl (C=O) groups excluding carboxylic acids is 3. The molecule has 1 unspecified atom stereocenters. The number of imide groups is 1. The Morgan fingerprint density at radius 1 is 1.57 bits per heavy atom. The van der Waals surface area contributed by atoms with Crippen molar-refractivity contribution < 1.29 is 19.1 Å². The summed E-state index contributed by atoms with van der Waals surface area (Å²) in [6.45, 7) is 1.27. The van der Waals surface area contributed by atoms with Gasteiger partial charge >= 0.3 is 5.97 Å². The number of ether oxygens (including phenoxy) is 1. The van der Waals surface area contributed by atoms with Crippen LogP contribution < -0.4 is 0 Å². The van der Waals surface area contributed by atoms with E-state index in [2.05, 4.69) is 4.74 Å². The van der Waals surface area contributed by atoms with Crippen LogP contribution in [0.1, 0.15) is 6.92 Å². The summed E-state index contributed by atoms with van der Waals surface area (Å²) in [7, 11) is 1.24. The molecule has 0 aromatic rings. The van der Waals surface area contributed by atoms with Crippen LogP contribution in [0.25, 0.3) is 0 Å². The van der Waals surface area contributed by atoms with E-state index in [-0.39, 0.29) is 11.7 Å². The highest BCUT2D eigenvalue weighted by Crippen LogP contribution is 2.18. The molecule has 0 radical (unpaired) electrons. The third-order valence-electron chi connectivity index (χ3n) is 1.89. The van der Waals surface area contributed by atoms with Crippen LogP contribution in [0, 0.1) is 0 Å².